The average molecular weight is 366 g/mol. The van der Waals surface area contributed by atoms with Crippen LogP contribution in [0, 0.1) is 0 Å². The summed E-state index contributed by atoms with van der Waals surface area (Å²) in [5.41, 5.74) is 5.73. The van der Waals surface area contributed by atoms with Crippen molar-refractivity contribution in [1.29, 1.82) is 0 Å². The zero-order valence-electron chi connectivity index (χ0n) is 13.8. The molecule has 0 aromatic heterocycles. The number of carbonyl (C=O) groups excluding carboxylic acids is 1. The summed E-state index contributed by atoms with van der Waals surface area (Å²) in [6, 6.07) is 8.91. The van der Waals surface area contributed by atoms with Gasteiger partial charge < -0.3 is 20.1 Å². The lowest BCUT2D eigenvalue weighted by atomic mass is 10.1. The molecule has 2 aromatic rings. The van der Waals surface area contributed by atoms with E-state index in [1.54, 1.807) is 11.0 Å². The highest BCUT2D eigenvalue weighted by Crippen LogP contribution is 2.32. The number of carbonyl (C=O) groups is 1. The topological polar surface area (TPSA) is 64.8 Å². The third-order valence-electron chi connectivity index (χ3n) is 3.97. The predicted octanol–water partition coefficient (Wildman–Crippen LogP) is 3.55. The molecule has 0 spiro atoms. The first-order chi connectivity index (χ1) is 12.3. The maximum atomic E-state index is 12.6. The molecule has 0 bridgehead atoms. The zero-order valence-corrected chi connectivity index (χ0v) is 13.8. The SMILES string of the molecule is Nc1ccc(Oc2ccc(C(F)(F)F)cc2)cc1C(=O)N1CCOCC1. The first-order valence-electron chi connectivity index (χ1n) is 7.96. The Labute approximate surface area is 148 Å². The summed E-state index contributed by atoms with van der Waals surface area (Å²) < 4.78 is 48.6. The van der Waals surface area contributed by atoms with Crippen molar-refractivity contribution in [3.8, 4) is 11.5 Å². The first kappa shape index (κ1) is 18.1. The fourth-order valence-corrected chi connectivity index (χ4v) is 2.57. The lowest BCUT2D eigenvalue weighted by Gasteiger charge is -2.27. The number of morpholine rings is 1. The molecule has 0 aliphatic carbocycles. The van der Waals surface area contributed by atoms with E-state index in [4.69, 9.17) is 15.2 Å². The minimum absolute atomic E-state index is 0.229. The number of nitrogens with zero attached hydrogens (tertiary/aromatic N) is 1. The Morgan fingerprint density at radius 2 is 1.65 bits per heavy atom. The fourth-order valence-electron chi connectivity index (χ4n) is 2.57. The van der Waals surface area contributed by atoms with Crippen molar-refractivity contribution < 1.29 is 27.4 Å². The summed E-state index contributed by atoms with van der Waals surface area (Å²) in [5, 5.41) is 0. The summed E-state index contributed by atoms with van der Waals surface area (Å²) in [6.45, 7) is 1.88. The number of alkyl halides is 3. The van der Waals surface area contributed by atoms with Crippen LogP contribution in [-0.4, -0.2) is 37.1 Å². The quantitative estimate of drug-likeness (QED) is 0.844. The summed E-state index contributed by atoms with van der Waals surface area (Å²) in [7, 11) is 0. The molecule has 0 unspecified atom stereocenters. The predicted molar refractivity (Wildman–Crippen MR) is 89.1 cm³/mol. The smallest absolute Gasteiger partial charge is 0.416 e. The van der Waals surface area contributed by atoms with Gasteiger partial charge in [-0.3, -0.25) is 4.79 Å². The Morgan fingerprint density at radius 3 is 2.27 bits per heavy atom. The number of halogens is 3. The molecule has 0 radical (unpaired) electrons. The molecule has 1 aliphatic rings. The highest BCUT2D eigenvalue weighted by Gasteiger charge is 2.30. The highest BCUT2D eigenvalue weighted by molar-refractivity contribution is 5.99. The van der Waals surface area contributed by atoms with Crippen molar-refractivity contribution >= 4 is 11.6 Å². The Balaban J connectivity index is 1.78. The van der Waals surface area contributed by atoms with Crippen molar-refractivity contribution in [2.75, 3.05) is 32.0 Å². The van der Waals surface area contributed by atoms with Gasteiger partial charge in [0.05, 0.1) is 24.3 Å². The third-order valence-corrected chi connectivity index (χ3v) is 3.97. The monoisotopic (exact) mass is 366 g/mol. The Hall–Kier alpha value is -2.74. The van der Waals surface area contributed by atoms with Crippen LogP contribution in [-0.2, 0) is 10.9 Å². The standard InChI is InChI=1S/C18H17F3N2O3/c19-18(20,21)12-1-3-13(4-2-12)26-14-5-6-16(22)15(11-14)17(24)23-7-9-25-10-8-23/h1-6,11H,7-10,22H2. The van der Waals surface area contributed by atoms with E-state index in [1.165, 1.54) is 24.3 Å². The van der Waals surface area contributed by atoms with Crippen LogP contribution in [0.4, 0.5) is 18.9 Å². The van der Waals surface area contributed by atoms with Crippen molar-refractivity contribution in [3.05, 3.63) is 53.6 Å². The second-order valence-electron chi connectivity index (χ2n) is 5.78. The normalized spacial score (nSPS) is 15.0. The van der Waals surface area contributed by atoms with E-state index in [2.05, 4.69) is 0 Å². The van der Waals surface area contributed by atoms with E-state index in [0.717, 1.165) is 12.1 Å². The van der Waals surface area contributed by atoms with Crippen LogP contribution in [0.2, 0.25) is 0 Å². The molecule has 3 rings (SSSR count). The van der Waals surface area contributed by atoms with Crippen LogP contribution in [0.5, 0.6) is 11.5 Å². The van der Waals surface area contributed by atoms with Gasteiger partial charge in [-0.05, 0) is 42.5 Å². The van der Waals surface area contributed by atoms with E-state index in [1.807, 2.05) is 0 Å². The van der Waals surface area contributed by atoms with Crippen LogP contribution in [0.15, 0.2) is 42.5 Å². The number of hydrogen-bond acceptors (Lipinski definition) is 4. The Bertz CT molecular complexity index is 785. The van der Waals surface area contributed by atoms with Crippen LogP contribution in [0.25, 0.3) is 0 Å². The lowest BCUT2D eigenvalue weighted by molar-refractivity contribution is -0.137. The molecule has 0 atom stereocenters. The largest absolute Gasteiger partial charge is 0.457 e. The summed E-state index contributed by atoms with van der Waals surface area (Å²) >= 11 is 0. The molecule has 8 heteroatoms. The highest BCUT2D eigenvalue weighted by atomic mass is 19.4. The second-order valence-corrected chi connectivity index (χ2v) is 5.78. The summed E-state index contributed by atoms with van der Waals surface area (Å²) in [5.74, 6) is 0.312. The van der Waals surface area contributed by atoms with Gasteiger partial charge in [0.2, 0.25) is 0 Å². The lowest BCUT2D eigenvalue weighted by Crippen LogP contribution is -2.40. The minimum atomic E-state index is -4.41. The Morgan fingerprint density at radius 1 is 1.04 bits per heavy atom. The van der Waals surface area contributed by atoms with E-state index in [-0.39, 0.29) is 17.2 Å². The molecule has 26 heavy (non-hydrogen) atoms. The fraction of sp³-hybridized carbons (Fsp3) is 0.278. The van der Waals surface area contributed by atoms with Crippen LogP contribution in [0.1, 0.15) is 15.9 Å². The van der Waals surface area contributed by atoms with E-state index in [0.29, 0.717) is 37.7 Å². The maximum absolute atomic E-state index is 12.6. The molecule has 5 nitrogen and oxygen atoms in total. The van der Waals surface area contributed by atoms with Crippen LogP contribution >= 0.6 is 0 Å². The van der Waals surface area contributed by atoms with Gasteiger partial charge in [0.15, 0.2) is 0 Å². The number of benzene rings is 2. The number of nitrogens with two attached hydrogens (primary N) is 1. The third kappa shape index (κ3) is 4.08. The molecule has 1 fully saturated rings. The van der Waals surface area contributed by atoms with Crippen molar-refractivity contribution in [2.24, 2.45) is 0 Å². The van der Waals surface area contributed by atoms with Crippen molar-refractivity contribution in [3.63, 3.8) is 0 Å². The van der Waals surface area contributed by atoms with Gasteiger partial charge in [-0.1, -0.05) is 0 Å². The second kappa shape index (κ2) is 7.25. The van der Waals surface area contributed by atoms with E-state index >= 15 is 0 Å². The number of hydrogen-bond donors (Lipinski definition) is 1. The van der Waals surface area contributed by atoms with Gasteiger partial charge in [-0.2, -0.15) is 13.2 Å². The average Bonchev–Trinajstić information content (AvgIpc) is 2.63. The van der Waals surface area contributed by atoms with Gasteiger partial charge in [0, 0.05) is 18.8 Å². The molecular formula is C18H17F3N2O3. The molecule has 1 saturated heterocycles. The molecule has 138 valence electrons. The van der Waals surface area contributed by atoms with Gasteiger partial charge in [-0.15, -0.1) is 0 Å². The van der Waals surface area contributed by atoms with Crippen molar-refractivity contribution in [2.45, 2.75) is 6.18 Å². The minimum Gasteiger partial charge on any atom is -0.457 e. The first-order valence-corrected chi connectivity index (χ1v) is 7.96. The summed E-state index contributed by atoms with van der Waals surface area (Å²) in [6.07, 6.45) is -4.41. The Kier molecular flexibility index (Phi) is 5.03. The van der Waals surface area contributed by atoms with E-state index in [9.17, 15) is 18.0 Å². The van der Waals surface area contributed by atoms with Crippen LogP contribution in [0.3, 0.4) is 0 Å². The molecule has 2 aromatic carbocycles. The molecule has 0 saturated carbocycles. The number of anilines is 1. The maximum Gasteiger partial charge on any atom is 0.416 e. The zero-order chi connectivity index (χ0) is 18.7. The van der Waals surface area contributed by atoms with Gasteiger partial charge in [-0.25, -0.2) is 0 Å². The molecular weight excluding hydrogens is 349 g/mol. The van der Waals surface area contributed by atoms with Gasteiger partial charge in [0.25, 0.3) is 5.91 Å². The number of rotatable bonds is 3. The van der Waals surface area contributed by atoms with Crippen molar-refractivity contribution in [1.82, 2.24) is 4.90 Å². The number of nitrogen functional groups attached to an aromatic ring is 1. The van der Waals surface area contributed by atoms with Gasteiger partial charge in [0.1, 0.15) is 11.5 Å². The molecule has 2 N–H and O–H groups in total. The number of ether oxygens (including phenoxy) is 2. The molecule has 1 heterocycles. The van der Waals surface area contributed by atoms with Gasteiger partial charge >= 0.3 is 6.18 Å². The van der Waals surface area contributed by atoms with Crippen LogP contribution < -0.4 is 10.5 Å². The van der Waals surface area contributed by atoms with E-state index < -0.39 is 11.7 Å². The molecule has 1 aliphatic heterocycles. The summed E-state index contributed by atoms with van der Waals surface area (Å²) in [4.78, 5) is 14.2. The number of amides is 1. The molecule has 1 amide bonds.